The maximum atomic E-state index is 5.96. The topological polar surface area (TPSA) is 24.8 Å². The van der Waals surface area contributed by atoms with Crippen LogP contribution >= 0.6 is 11.6 Å². The van der Waals surface area contributed by atoms with E-state index in [1.165, 1.54) is 30.5 Å². The third-order valence-corrected chi connectivity index (χ3v) is 4.38. The maximum Gasteiger partial charge on any atom is 0.118 e. The average Bonchev–Trinajstić information content (AvgIpc) is 2.50. The molecule has 4 heteroatoms. The third-order valence-electron chi connectivity index (χ3n) is 4.12. The Labute approximate surface area is 139 Å². The summed E-state index contributed by atoms with van der Waals surface area (Å²) in [5.41, 5.74) is 2.57. The van der Waals surface area contributed by atoms with Crippen molar-refractivity contribution in [1.82, 2.24) is 4.90 Å². The smallest absolute Gasteiger partial charge is 0.118 e. The van der Waals surface area contributed by atoms with Gasteiger partial charge in [-0.3, -0.25) is 0 Å². The van der Waals surface area contributed by atoms with Gasteiger partial charge in [-0.2, -0.15) is 0 Å². The summed E-state index contributed by atoms with van der Waals surface area (Å²) >= 11 is 5.96. The summed E-state index contributed by atoms with van der Waals surface area (Å²) in [6, 6.07) is 8.17. The molecule has 1 aromatic carbocycles. The van der Waals surface area contributed by atoms with E-state index in [-0.39, 0.29) is 0 Å². The molecule has 0 spiro atoms. The molecule has 0 bridgehead atoms. The highest BCUT2D eigenvalue weighted by Crippen LogP contribution is 2.26. The fourth-order valence-corrected chi connectivity index (χ4v) is 3.01. The second kappa shape index (κ2) is 9.16. The average molecular weight is 323 g/mol. The molecule has 2 rings (SSSR count). The van der Waals surface area contributed by atoms with Crippen LogP contribution in [-0.4, -0.2) is 37.9 Å². The van der Waals surface area contributed by atoms with Crippen molar-refractivity contribution in [1.29, 1.82) is 0 Å². The molecule has 0 aliphatic heterocycles. The summed E-state index contributed by atoms with van der Waals surface area (Å²) in [4.78, 5) is 7.72. The number of hydrogen-bond donors (Lipinski definition) is 0. The van der Waals surface area contributed by atoms with Crippen LogP contribution in [0.5, 0.6) is 0 Å². The number of rotatable bonds is 7. The molecule has 0 radical (unpaired) electrons. The number of nitrogens with zero attached hydrogens (tertiary/aromatic N) is 2. The van der Waals surface area contributed by atoms with Crippen molar-refractivity contribution in [3.63, 3.8) is 0 Å². The van der Waals surface area contributed by atoms with Crippen molar-refractivity contribution in [2.75, 3.05) is 27.2 Å². The first-order chi connectivity index (χ1) is 10.6. The predicted octanol–water partition coefficient (Wildman–Crippen LogP) is 4.40. The molecule has 1 aromatic rings. The monoisotopic (exact) mass is 322 g/mol. The molecule has 3 nitrogen and oxygen atoms in total. The van der Waals surface area contributed by atoms with E-state index in [9.17, 15) is 0 Å². The van der Waals surface area contributed by atoms with Gasteiger partial charge in [0.2, 0.25) is 0 Å². The van der Waals surface area contributed by atoms with Gasteiger partial charge in [0.05, 0.1) is 5.71 Å². The molecule has 1 aliphatic carbocycles. The summed E-state index contributed by atoms with van der Waals surface area (Å²) in [5, 5.41) is 5.24. The predicted molar refractivity (Wildman–Crippen MR) is 93.7 cm³/mol. The number of hydrogen-bond acceptors (Lipinski definition) is 3. The van der Waals surface area contributed by atoms with E-state index in [2.05, 4.69) is 36.3 Å². The SMILES string of the molecule is CN(C)CCCON=C1CCCCC1Cc1ccc(Cl)cc1. The largest absolute Gasteiger partial charge is 0.396 e. The molecular weight excluding hydrogens is 296 g/mol. The van der Waals surface area contributed by atoms with Crippen LogP contribution < -0.4 is 0 Å². The van der Waals surface area contributed by atoms with Crippen LogP contribution in [0.2, 0.25) is 5.02 Å². The quantitative estimate of drug-likeness (QED) is 0.549. The first-order valence-corrected chi connectivity index (χ1v) is 8.61. The Morgan fingerprint density at radius 2 is 2.00 bits per heavy atom. The zero-order valence-corrected chi connectivity index (χ0v) is 14.5. The van der Waals surface area contributed by atoms with Crippen molar-refractivity contribution in [2.45, 2.75) is 38.5 Å². The summed E-state index contributed by atoms with van der Waals surface area (Å²) < 4.78 is 0. The van der Waals surface area contributed by atoms with Gasteiger partial charge in [0.1, 0.15) is 6.61 Å². The molecule has 0 saturated heterocycles. The number of halogens is 1. The number of oxime groups is 1. The van der Waals surface area contributed by atoms with Crippen molar-refractivity contribution in [2.24, 2.45) is 11.1 Å². The highest BCUT2D eigenvalue weighted by molar-refractivity contribution is 6.30. The van der Waals surface area contributed by atoms with E-state index >= 15 is 0 Å². The van der Waals surface area contributed by atoms with Crippen molar-refractivity contribution >= 4 is 17.3 Å². The Morgan fingerprint density at radius 3 is 2.73 bits per heavy atom. The van der Waals surface area contributed by atoms with E-state index in [1.807, 2.05) is 12.1 Å². The molecule has 1 fully saturated rings. The van der Waals surface area contributed by atoms with Crippen LogP contribution in [-0.2, 0) is 11.3 Å². The van der Waals surface area contributed by atoms with E-state index < -0.39 is 0 Å². The summed E-state index contributed by atoms with van der Waals surface area (Å²) in [6.45, 7) is 1.74. The van der Waals surface area contributed by atoms with Gasteiger partial charge in [0.15, 0.2) is 0 Å². The molecule has 0 N–H and O–H groups in total. The second-order valence-corrected chi connectivity index (χ2v) is 6.78. The van der Waals surface area contributed by atoms with E-state index in [0.29, 0.717) is 12.5 Å². The zero-order valence-electron chi connectivity index (χ0n) is 13.7. The molecule has 1 atom stereocenters. The van der Waals surface area contributed by atoms with Gasteiger partial charge in [-0.15, -0.1) is 0 Å². The summed E-state index contributed by atoms with van der Waals surface area (Å²) in [7, 11) is 4.16. The lowest BCUT2D eigenvalue weighted by Gasteiger charge is -2.23. The number of benzene rings is 1. The Morgan fingerprint density at radius 1 is 1.23 bits per heavy atom. The van der Waals surface area contributed by atoms with Gasteiger partial charge in [0.25, 0.3) is 0 Å². The fraction of sp³-hybridized carbons (Fsp3) is 0.611. The third kappa shape index (κ3) is 5.98. The molecular formula is C18H27ClN2O. The highest BCUT2D eigenvalue weighted by atomic mass is 35.5. The minimum absolute atomic E-state index is 0.517. The Bertz CT molecular complexity index is 470. The first-order valence-electron chi connectivity index (χ1n) is 8.23. The van der Waals surface area contributed by atoms with Crippen molar-refractivity contribution < 1.29 is 4.84 Å². The first kappa shape index (κ1) is 17.3. The lowest BCUT2D eigenvalue weighted by atomic mass is 9.83. The van der Waals surface area contributed by atoms with Gasteiger partial charge in [0, 0.05) is 17.5 Å². The van der Waals surface area contributed by atoms with Gasteiger partial charge >= 0.3 is 0 Å². The standard InChI is InChI=1S/C18H27ClN2O/c1-21(2)12-5-13-22-20-18-7-4-3-6-16(18)14-15-8-10-17(19)11-9-15/h8-11,16H,3-7,12-14H2,1-2H3. The molecule has 22 heavy (non-hydrogen) atoms. The molecule has 0 aromatic heterocycles. The Balaban J connectivity index is 1.86. The van der Waals surface area contributed by atoms with Gasteiger partial charge in [-0.25, -0.2) is 0 Å². The zero-order chi connectivity index (χ0) is 15.8. The highest BCUT2D eigenvalue weighted by Gasteiger charge is 2.21. The van der Waals surface area contributed by atoms with E-state index in [1.54, 1.807) is 0 Å². The minimum Gasteiger partial charge on any atom is -0.396 e. The molecule has 0 amide bonds. The maximum absolute atomic E-state index is 5.96. The Kier molecular flexibility index (Phi) is 7.20. The molecule has 0 heterocycles. The lowest BCUT2D eigenvalue weighted by molar-refractivity contribution is 0.132. The van der Waals surface area contributed by atoms with Gasteiger partial charge in [-0.05, 0) is 63.9 Å². The minimum atomic E-state index is 0.517. The van der Waals surface area contributed by atoms with Crippen molar-refractivity contribution in [3.05, 3.63) is 34.9 Å². The van der Waals surface area contributed by atoms with Crippen LogP contribution in [0.15, 0.2) is 29.4 Å². The molecule has 122 valence electrons. The van der Waals surface area contributed by atoms with E-state index in [0.717, 1.165) is 30.8 Å². The molecule has 1 saturated carbocycles. The van der Waals surface area contributed by atoms with Crippen LogP contribution in [0.25, 0.3) is 0 Å². The molecule has 1 unspecified atom stereocenters. The lowest BCUT2D eigenvalue weighted by Crippen LogP contribution is -2.22. The Hall–Kier alpha value is -1.06. The van der Waals surface area contributed by atoms with Gasteiger partial charge in [-0.1, -0.05) is 35.3 Å². The van der Waals surface area contributed by atoms with Crippen LogP contribution in [0.1, 0.15) is 37.7 Å². The normalized spacial score (nSPS) is 20.5. The van der Waals surface area contributed by atoms with Crippen LogP contribution in [0.3, 0.4) is 0 Å². The van der Waals surface area contributed by atoms with Gasteiger partial charge < -0.3 is 9.74 Å². The van der Waals surface area contributed by atoms with Crippen molar-refractivity contribution in [3.8, 4) is 0 Å². The summed E-state index contributed by atoms with van der Waals surface area (Å²) in [5.74, 6) is 0.517. The second-order valence-electron chi connectivity index (χ2n) is 6.35. The van der Waals surface area contributed by atoms with Crippen LogP contribution in [0, 0.1) is 5.92 Å². The summed E-state index contributed by atoms with van der Waals surface area (Å²) in [6.07, 6.45) is 6.87. The fourth-order valence-electron chi connectivity index (χ4n) is 2.89. The van der Waals surface area contributed by atoms with Crippen LogP contribution in [0.4, 0.5) is 0 Å². The molecule has 1 aliphatic rings. The van der Waals surface area contributed by atoms with E-state index in [4.69, 9.17) is 16.4 Å².